The second-order valence-electron chi connectivity index (χ2n) is 5.71. The van der Waals surface area contributed by atoms with E-state index in [0.717, 1.165) is 12.1 Å². The highest BCUT2D eigenvalue weighted by Crippen LogP contribution is 2.30. The number of benzene rings is 2. The van der Waals surface area contributed by atoms with E-state index in [2.05, 4.69) is 20.8 Å². The normalized spacial score (nSPS) is 11.3. The van der Waals surface area contributed by atoms with Crippen LogP contribution in [0.15, 0.2) is 47.0 Å². The number of rotatable bonds is 5. The highest BCUT2D eigenvalue weighted by Gasteiger charge is 2.30. The Balaban J connectivity index is 1.67. The lowest BCUT2D eigenvalue weighted by Crippen LogP contribution is -2.18. The van der Waals surface area contributed by atoms with Crippen molar-refractivity contribution < 1.29 is 22.5 Å². The monoisotopic (exact) mass is 410 g/mol. The molecule has 0 bridgehead atoms. The minimum atomic E-state index is -4.40. The fourth-order valence-electron chi connectivity index (χ4n) is 2.37. The molecular formula is C18H14ClF3N4O2. The highest BCUT2D eigenvalue weighted by atomic mass is 35.5. The smallest absolute Gasteiger partial charge is 0.376 e. The zero-order chi connectivity index (χ0) is 20.3. The summed E-state index contributed by atoms with van der Waals surface area (Å²) in [4.78, 5) is 15.8. The van der Waals surface area contributed by atoms with Crippen molar-refractivity contribution >= 4 is 23.2 Å². The van der Waals surface area contributed by atoms with Crippen molar-refractivity contribution in [3.05, 3.63) is 64.5 Å². The molecule has 0 aliphatic rings. The lowest BCUT2D eigenvalue weighted by Gasteiger charge is -2.07. The number of hydrogen-bond acceptors (Lipinski definition) is 5. The van der Waals surface area contributed by atoms with Crippen molar-refractivity contribution in [1.29, 1.82) is 0 Å². The topological polar surface area (TPSA) is 80.0 Å². The zero-order valence-corrected chi connectivity index (χ0v) is 15.2. The SMILES string of the molecule is CNC(=O)c1ccc(NCc2nc(-c3ccc(C(F)(F)F)cc3)no2)cc1Cl. The number of carbonyl (C=O) groups excluding carboxylic acids is 1. The van der Waals surface area contributed by atoms with E-state index < -0.39 is 11.7 Å². The maximum atomic E-state index is 12.6. The minimum absolute atomic E-state index is 0.170. The van der Waals surface area contributed by atoms with Gasteiger partial charge in [0, 0.05) is 18.3 Å². The molecule has 6 nitrogen and oxygen atoms in total. The summed E-state index contributed by atoms with van der Waals surface area (Å²) in [6.45, 7) is 0.170. The number of nitrogens with one attached hydrogen (secondary N) is 2. The van der Waals surface area contributed by atoms with Gasteiger partial charge in [-0.1, -0.05) is 28.9 Å². The number of alkyl halides is 3. The van der Waals surface area contributed by atoms with Crippen LogP contribution in [-0.4, -0.2) is 23.1 Å². The van der Waals surface area contributed by atoms with Gasteiger partial charge in [0.1, 0.15) is 0 Å². The molecule has 0 aliphatic carbocycles. The predicted octanol–water partition coefficient (Wildman–Crippen LogP) is 4.38. The number of halogens is 4. The van der Waals surface area contributed by atoms with Gasteiger partial charge >= 0.3 is 6.18 Å². The average molecular weight is 411 g/mol. The van der Waals surface area contributed by atoms with Crippen LogP contribution in [-0.2, 0) is 12.7 Å². The molecular weight excluding hydrogens is 397 g/mol. The molecule has 2 N–H and O–H groups in total. The van der Waals surface area contributed by atoms with Crippen molar-refractivity contribution in [2.75, 3.05) is 12.4 Å². The van der Waals surface area contributed by atoms with Crippen molar-refractivity contribution in [1.82, 2.24) is 15.5 Å². The molecule has 28 heavy (non-hydrogen) atoms. The molecule has 0 atom stereocenters. The minimum Gasteiger partial charge on any atom is -0.376 e. The number of amides is 1. The zero-order valence-electron chi connectivity index (χ0n) is 14.5. The number of aromatic nitrogens is 2. The van der Waals surface area contributed by atoms with E-state index in [0.29, 0.717) is 16.8 Å². The first kappa shape index (κ1) is 19.7. The molecule has 2 aromatic carbocycles. The Kier molecular flexibility index (Phi) is 5.55. The summed E-state index contributed by atoms with van der Waals surface area (Å²) in [6.07, 6.45) is -4.40. The second kappa shape index (κ2) is 7.89. The lowest BCUT2D eigenvalue weighted by molar-refractivity contribution is -0.137. The van der Waals surface area contributed by atoms with Crippen LogP contribution in [0.4, 0.5) is 18.9 Å². The van der Waals surface area contributed by atoms with E-state index in [9.17, 15) is 18.0 Å². The molecule has 10 heteroatoms. The number of nitrogens with zero attached hydrogens (tertiary/aromatic N) is 2. The molecule has 3 aromatic rings. The van der Waals surface area contributed by atoms with Gasteiger partial charge in [-0.3, -0.25) is 4.79 Å². The third-order valence-corrected chi connectivity index (χ3v) is 4.14. The summed E-state index contributed by atoms with van der Waals surface area (Å²) in [5.41, 5.74) is 0.628. The molecule has 0 aliphatic heterocycles. The van der Waals surface area contributed by atoms with Crippen LogP contribution in [0, 0.1) is 0 Å². The Hall–Kier alpha value is -3.07. The van der Waals surface area contributed by atoms with E-state index in [4.69, 9.17) is 16.1 Å². The van der Waals surface area contributed by atoms with Crippen LogP contribution in [0.5, 0.6) is 0 Å². The summed E-state index contributed by atoms with van der Waals surface area (Å²) in [7, 11) is 1.51. The average Bonchev–Trinajstić information content (AvgIpc) is 3.14. The molecule has 0 unspecified atom stereocenters. The molecule has 0 fully saturated rings. The van der Waals surface area contributed by atoms with Crippen molar-refractivity contribution in [2.24, 2.45) is 0 Å². The van der Waals surface area contributed by atoms with Gasteiger partial charge < -0.3 is 15.2 Å². The molecule has 146 valence electrons. The Labute approximate surface area is 162 Å². The van der Waals surface area contributed by atoms with Gasteiger partial charge in [0.2, 0.25) is 11.7 Å². The van der Waals surface area contributed by atoms with E-state index in [1.54, 1.807) is 18.2 Å². The van der Waals surface area contributed by atoms with Gasteiger partial charge in [0.15, 0.2) is 0 Å². The standard InChI is InChI=1S/C18H14ClF3N4O2/c1-23-17(27)13-7-6-12(8-14(13)19)24-9-15-25-16(26-28-15)10-2-4-11(5-3-10)18(20,21)22/h2-8,24H,9H2,1H3,(H,23,27). The summed E-state index contributed by atoms with van der Waals surface area (Å²) in [6, 6.07) is 9.30. The third kappa shape index (κ3) is 4.42. The lowest BCUT2D eigenvalue weighted by atomic mass is 10.1. The fourth-order valence-corrected chi connectivity index (χ4v) is 2.64. The number of hydrogen-bond donors (Lipinski definition) is 2. The van der Waals surface area contributed by atoms with Gasteiger partial charge in [0.25, 0.3) is 5.91 Å². The van der Waals surface area contributed by atoms with E-state index in [1.165, 1.54) is 19.2 Å². The van der Waals surface area contributed by atoms with Gasteiger partial charge in [0.05, 0.1) is 22.7 Å². The second-order valence-corrected chi connectivity index (χ2v) is 6.12. The Bertz CT molecular complexity index is 987. The van der Waals surface area contributed by atoms with E-state index in [-0.39, 0.29) is 29.2 Å². The quantitative estimate of drug-likeness (QED) is 0.652. The molecule has 0 saturated heterocycles. The van der Waals surface area contributed by atoms with Crippen molar-refractivity contribution in [2.45, 2.75) is 12.7 Å². The predicted molar refractivity (Wildman–Crippen MR) is 96.9 cm³/mol. The highest BCUT2D eigenvalue weighted by molar-refractivity contribution is 6.34. The van der Waals surface area contributed by atoms with E-state index in [1.807, 2.05) is 0 Å². The number of carbonyl (C=O) groups is 1. The molecule has 3 rings (SSSR count). The molecule has 0 saturated carbocycles. The molecule has 0 radical (unpaired) electrons. The van der Waals surface area contributed by atoms with E-state index >= 15 is 0 Å². The Morgan fingerprint density at radius 1 is 1.18 bits per heavy atom. The number of anilines is 1. The van der Waals surface area contributed by atoms with Gasteiger partial charge in [-0.25, -0.2) is 0 Å². The summed E-state index contributed by atoms with van der Waals surface area (Å²) in [5, 5.41) is 9.56. The molecule has 1 heterocycles. The van der Waals surface area contributed by atoms with Gasteiger partial charge in [-0.2, -0.15) is 18.2 Å². The Morgan fingerprint density at radius 2 is 1.89 bits per heavy atom. The van der Waals surface area contributed by atoms with Crippen molar-refractivity contribution in [3.8, 4) is 11.4 Å². The fraction of sp³-hybridized carbons (Fsp3) is 0.167. The summed E-state index contributed by atoms with van der Waals surface area (Å²) < 4.78 is 43.0. The summed E-state index contributed by atoms with van der Waals surface area (Å²) >= 11 is 6.08. The van der Waals surface area contributed by atoms with Gasteiger partial charge in [-0.05, 0) is 30.3 Å². The molecule has 1 aromatic heterocycles. The van der Waals surface area contributed by atoms with Crippen LogP contribution in [0.3, 0.4) is 0 Å². The maximum absolute atomic E-state index is 12.6. The molecule has 1 amide bonds. The summed E-state index contributed by atoms with van der Waals surface area (Å²) in [5.74, 6) is 0.120. The Morgan fingerprint density at radius 3 is 2.50 bits per heavy atom. The first-order valence-electron chi connectivity index (χ1n) is 8.03. The van der Waals surface area contributed by atoms with Gasteiger partial charge in [-0.15, -0.1) is 0 Å². The third-order valence-electron chi connectivity index (χ3n) is 3.82. The first-order chi connectivity index (χ1) is 13.3. The van der Waals surface area contributed by atoms with Crippen LogP contribution < -0.4 is 10.6 Å². The molecule has 0 spiro atoms. The van der Waals surface area contributed by atoms with Crippen LogP contribution in [0.2, 0.25) is 5.02 Å². The van der Waals surface area contributed by atoms with Crippen LogP contribution in [0.1, 0.15) is 21.8 Å². The van der Waals surface area contributed by atoms with Crippen LogP contribution >= 0.6 is 11.6 Å². The largest absolute Gasteiger partial charge is 0.416 e. The van der Waals surface area contributed by atoms with Crippen LogP contribution in [0.25, 0.3) is 11.4 Å². The first-order valence-corrected chi connectivity index (χ1v) is 8.41. The maximum Gasteiger partial charge on any atom is 0.416 e. The van der Waals surface area contributed by atoms with Crippen molar-refractivity contribution in [3.63, 3.8) is 0 Å².